The van der Waals surface area contributed by atoms with Crippen LogP contribution < -0.4 is 0 Å². The van der Waals surface area contributed by atoms with Gasteiger partial charge in [-0.3, -0.25) is 9.69 Å². The van der Waals surface area contributed by atoms with Gasteiger partial charge in [0, 0.05) is 44.3 Å². The van der Waals surface area contributed by atoms with Gasteiger partial charge in [0.25, 0.3) is 0 Å². The molecule has 0 N–H and O–H groups in total. The number of hydrogen-bond donors (Lipinski definition) is 0. The lowest BCUT2D eigenvalue weighted by Crippen LogP contribution is -2.46. The second-order valence-electron chi connectivity index (χ2n) is 5.04. The molecule has 0 atom stereocenters. The molecule has 1 saturated heterocycles. The Balaban J connectivity index is 1.74. The maximum Gasteiger partial charge on any atom is 0.306 e. The molecule has 0 amide bonds. The quantitative estimate of drug-likeness (QED) is 0.778. The summed E-state index contributed by atoms with van der Waals surface area (Å²) in [5.74, 6) is -0.136. The molecule has 0 aliphatic carbocycles. The Morgan fingerprint density at radius 1 is 1.20 bits per heavy atom. The van der Waals surface area contributed by atoms with Crippen LogP contribution >= 0.6 is 11.6 Å². The minimum atomic E-state index is -0.136. The van der Waals surface area contributed by atoms with E-state index in [2.05, 4.69) is 20.6 Å². The average molecular weight is 297 g/mol. The first kappa shape index (κ1) is 15.3. The number of piperazine rings is 1. The number of hydrogen-bond acceptors (Lipinski definition) is 4. The molecule has 1 aliphatic heterocycles. The lowest BCUT2D eigenvalue weighted by Gasteiger charge is -2.34. The SMILES string of the molecule is COC(=O)CCN1CCN(Cc2ccccc2Cl)CC1. The van der Waals surface area contributed by atoms with Crippen molar-refractivity contribution >= 4 is 17.6 Å². The first-order chi connectivity index (χ1) is 9.69. The van der Waals surface area contributed by atoms with Gasteiger partial charge in [-0.25, -0.2) is 0 Å². The van der Waals surface area contributed by atoms with E-state index in [4.69, 9.17) is 11.6 Å². The standard InChI is InChI=1S/C15H21ClN2O2/c1-20-15(19)6-7-17-8-10-18(11-9-17)12-13-4-2-3-5-14(13)16/h2-5H,6-12H2,1H3. The van der Waals surface area contributed by atoms with Gasteiger partial charge in [-0.05, 0) is 11.6 Å². The highest BCUT2D eigenvalue weighted by atomic mass is 35.5. The number of nitrogens with zero attached hydrogens (tertiary/aromatic N) is 2. The van der Waals surface area contributed by atoms with Crippen LogP contribution in [-0.2, 0) is 16.1 Å². The largest absolute Gasteiger partial charge is 0.469 e. The minimum Gasteiger partial charge on any atom is -0.469 e. The highest BCUT2D eigenvalue weighted by Gasteiger charge is 2.18. The van der Waals surface area contributed by atoms with Crippen molar-refractivity contribution in [2.75, 3.05) is 39.8 Å². The van der Waals surface area contributed by atoms with Gasteiger partial charge in [-0.15, -0.1) is 0 Å². The number of benzene rings is 1. The monoisotopic (exact) mass is 296 g/mol. The van der Waals surface area contributed by atoms with Gasteiger partial charge in [0.05, 0.1) is 13.5 Å². The Morgan fingerprint density at radius 2 is 1.85 bits per heavy atom. The number of halogens is 1. The zero-order chi connectivity index (χ0) is 14.4. The fraction of sp³-hybridized carbons (Fsp3) is 0.533. The molecule has 1 fully saturated rings. The van der Waals surface area contributed by atoms with E-state index in [0.717, 1.165) is 44.3 Å². The van der Waals surface area contributed by atoms with E-state index in [1.54, 1.807) is 0 Å². The lowest BCUT2D eigenvalue weighted by molar-refractivity contribution is -0.141. The third kappa shape index (κ3) is 4.47. The van der Waals surface area contributed by atoms with E-state index < -0.39 is 0 Å². The van der Waals surface area contributed by atoms with Crippen LogP contribution in [0.2, 0.25) is 5.02 Å². The summed E-state index contributed by atoms with van der Waals surface area (Å²) in [5.41, 5.74) is 1.18. The smallest absolute Gasteiger partial charge is 0.306 e. The van der Waals surface area contributed by atoms with Crippen molar-refractivity contribution in [2.24, 2.45) is 0 Å². The van der Waals surface area contributed by atoms with Gasteiger partial charge in [0.15, 0.2) is 0 Å². The van der Waals surface area contributed by atoms with Crippen LogP contribution in [0, 0.1) is 0 Å². The Bertz CT molecular complexity index is 445. The first-order valence-corrected chi connectivity index (χ1v) is 7.32. The molecule has 2 rings (SSSR count). The van der Waals surface area contributed by atoms with Crippen LogP contribution in [0.4, 0.5) is 0 Å². The number of esters is 1. The van der Waals surface area contributed by atoms with Gasteiger partial charge in [0.1, 0.15) is 0 Å². The molecular weight excluding hydrogens is 276 g/mol. The predicted molar refractivity (Wildman–Crippen MR) is 79.8 cm³/mol. The third-order valence-electron chi connectivity index (χ3n) is 3.68. The fourth-order valence-corrected chi connectivity index (χ4v) is 2.59. The van der Waals surface area contributed by atoms with Crippen LogP contribution in [0.25, 0.3) is 0 Å². The van der Waals surface area contributed by atoms with E-state index in [0.29, 0.717) is 6.42 Å². The van der Waals surface area contributed by atoms with Crippen LogP contribution in [0.15, 0.2) is 24.3 Å². The van der Waals surface area contributed by atoms with Gasteiger partial charge in [-0.2, -0.15) is 0 Å². The Labute approximate surface area is 125 Å². The maximum absolute atomic E-state index is 11.1. The van der Waals surface area contributed by atoms with Crippen LogP contribution in [0.1, 0.15) is 12.0 Å². The van der Waals surface area contributed by atoms with E-state index >= 15 is 0 Å². The van der Waals surface area contributed by atoms with Crippen molar-refractivity contribution in [1.29, 1.82) is 0 Å². The molecule has 4 nitrogen and oxygen atoms in total. The highest BCUT2D eigenvalue weighted by Crippen LogP contribution is 2.17. The maximum atomic E-state index is 11.1. The molecule has 0 bridgehead atoms. The minimum absolute atomic E-state index is 0.136. The van der Waals surface area contributed by atoms with Crippen molar-refractivity contribution < 1.29 is 9.53 Å². The molecule has 5 heteroatoms. The number of carbonyl (C=O) groups excluding carboxylic acids is 1. The van der Waals surface area contributed by atoms with Crippen molar-refractivity contribution in [1.82, 2.24) is 9.80 Å². The number of methoxy groups -OCH3 is 1. The average Bonchev–Trinajstić information content (AvgIpc) is 2.48. The summed E-state index contributed by atoms with van der Waals surface area (Å²) in [5, 5.41) is 0.834. The van der Waals surface area contributed by atoms with Crippen LogP contribution in [-0.4, -0.2) is 55.6 Å². The Hall–Kier alpha value is -1.10. The van der Waals surface area contributed by atoms with Crippen molar-refractivity contribution in [3.8, 4) is 0 Å². The van der Waals surface area contributed by atoms with Crippen molar-refractivity contribution in [3.05, 3.63) is 34.9 Å². The van der Waals surface area contributed by atoms with Gasteiger partial charge >= 0.3 is 5.97 Å². The topological polar surface area (TPSA) is 32.8 Å². The second kappa shape index (κ2) is 7.62. The molecule has 1 aromatic rings. The molecule has 0 saturated carbocycles. The molecular formula is C15H21ClN2O2. The number of ether oxygens (including phenoxy) is 1. The summed E-state index contributed by atoms with van der Waals surface area (Å²) in [6.45, 7) is 5.67. The van der Waals surface area contributed by atoms with E-state index in [1.165, 1.54) is 12.7 Å². The Kier molecular flexibility index (Phi) is 5.83. The molecule has 0 radical (unpaired) electrons. The summed E-state index contributed by atoms with van der Waals surface area (Å²) in [6, 6.07) is 7.99. The normalized spacial score (nSPS) is 17.1. The highest BCUT2D eigenvalue weighted by molar-refractivity contribution is 6.31. The third-order valence-corrected chi connectivity index (χ3v) is 4.05. The van der Waals surface area contributed by atoms with E-state index in [-0.39, 0.29) is 5.97 Å². The first-order valence-electron chi connectivity index (χ1n) is 6.94. The molecule has 0 aromatic heterocycles. The predicted octanol–water partition coefficient (Wildman–Crippen LogP) is 2.02. The van der Waals surface area contributed by atoms with Gasteiger partial charge in [0.2, 0.25) is 0 Å². The van der Waals surface area contributed by atoms with E-state index in [1.807, 2.05) is 18.2 Å². The van der Waals surface area contributed by atoms with E-state index in [9.17, 15) is 4.79 Å². The molecule has 20 heavy (non-hydrogen) atoms. The van der Waals surface area contributed by atoms with Crippen LogP contribution in [0.3, 0.4) is 0 Å². The second-order valence-corrected chi connectivity index (χ2v) is 5.44. The summed E-state index contributed by atoms with van der Waals surface area (Å²) < 4.78 is 4.66. The molecule has 1 heterocycles. The molecule has 0 spiro atoms. The summed E-state index contributed by atoms with van der Waals surface area (Å²) in [7, 11) is 1.43. The summed E-state index contributed by atoms with van der Waals surface area (Å²) in [6.07, 6.45) is 0.473. The molecule has 1 aliphatic rings. The van der Waals surface area contributed by atoms with Gasteiger partial charge in [-0.1, -0.05) is 29.8 Å². The molecule has 110 valence electrons. The van der Waals surface area contributed by atoms with Crippen LogP contribution in [0.5, 0.6) is 0 Å². The Morgan fingerprint density at radius 3 is 2.50 bits per heavy atom. The van der Waals surface area contributed by atoms with Crippen molar-refractivity contribution in [3.63, 3.8) is 0 Å². The zero-order valence-corrected chi connectivity index (χ0v) is 12.6. The van der Waals surface area contributed by atoms with Gasteiger partial charge < -0.3 is 9.64 Å². The number of rotatable bonds is 5. The summed E-state index contributed by atoms with van der Waals surface area (Å²) in [4.78, 5) is 15.8. The number of carbonyl (C=O) groups is 1. The molecule has 0 unspecified atom stereocenters. The zero-order valence-electron chi connectivity index (χ0n) is 11.8. The molecule has 1 aromatic carbocycles. The lowest BCUT2D eigenvalue weighted by atomic mass is 10.2. The summed E-state index contributed by atoms with van der Waals surface area (Å²) >= 11 is 6.18. The van der Waals surface area contributed by atoms with Crippen molar-refractivity contribution in [2.45, 2.75) is 13.0 Å². The fourth-order valence-electron chi connectivity index (χ4n) is 2.39.